The van der Waals surface area contributed by atoms with Crippen LogP contribution in [0, 0.1) is 6.92 Å². The first-order valence-electron chi connectivity index (χ1n) is 9.43. The predicted octanol–water partition coefficient (Wildman–Crippen LogP) is 3.64. The van der Waals surface area contributed by atoms with Gasteiger partial charge in [-0.3, -0.25) is 9.59 Å². The van der Waals surface area contributed by atoms with Gasteiger partial charge in [0.15, 0.2) is 11.5 Å². The van der Waals surface area contributed by atoms with Gasteiger partial charge in [0.2, 0.25) is 0 Å². The molecule has 1 amide bonds. The number of pyridine rings is 1. The molecule has 31 heavy (non-hydrogen) atoms. The lowest BCUT2D eigenvalue weighted by Gasteiger charge is -2.10. The molecule has 0 bridgehead atoms. The molecule has 7 nitrogen and oxygen atoms in total. The second kappa shape index (κ2) is 9.95. The van der Waals surface area contributed by atoms with Gasteiger partial charge in [-0.2, -0.15) is 5.10 Å². The first-order valence-corrected chi connectivity index (χ1v) is 9.81. The van der Waals surface area contributed by atoms with Gasteiger partial charge < -0.3 is 14.0 Å². The Labute approximate surface area is 184 Å². The van der Waals surface area contributed by atoms with Crippen molar-refractivity contribution in [3.63, 3.8) is 0 Å². The number of methoxy groups -OCH3 is 2. The molecule has 160 valence electrons. The van der Waals surface area contributed by atoms with Crippen molar-refractivity contribution < 1.29 is 14.3 Å². The van der Waals surface area contributed by atoms with E-state index in [1.807, 2.05) is 31.2 Å². The predicted molar refractivity (Wildman–Crippen MR) is 121 cm³/mol. The first kappa shape index (κ1) is 22.1. The van der Waals surface area contributed by atoms with E-state index >= 15 is 0 Å². The van der Waals surface area contributed by atoms with Gasteiger partial charge in [-0.15, -0.1) is 0 Å². The van der Waals surface area contributed by atoms with Crippen LogP contribution >= 0.6 is 11.6 Å². The van der Waals surface area contributed by atoms with Gasteiger partial charge in [0.1, 0.15) is 5.56 Å². The molecule has 0 aliphatic heterocycles. The quantitative estimate of drug-likeness (QED) is 0.450. The van der Waals surface area contributed by atoms with Crippen molar-refractivity contribution in [3.05, 3.63) is 92.4 Å². The van der Waals surface area contributed by atoms with Crippen molar-refractivity contribution in [2.75, 3.05) is 14.2 Å². The highest BCUT2D eigenvalue weighted by Gasteiger charge is 2.13. The summed E-state index contributed by atoms with van der Waals surface area (Å²) in [4.78, 5) is 25.2. The van der Waals surface area contributed by atoms with E-state index in [-0.39, 0.29) is 5.56 Å². The van der Waals surface area contributed by atoms with E-state index < -0.39 is 11.5 Å². The van der Waals surface area contributed by atoms with Gasteiger partial charge >= 0.3 is 0 Å². The number of ether oxygens (including phenoxy) is 2. The Hall–Kier alpha value is -3.58. The van der Waals surface area contributed by atoms with E-state index in [1.165, 1.54) is 31.1 Å². The molecule has 0 spiro atoms. The first-order chi connectivity index (χ1) is 14.9. The molecule has 0 aliphatic carbocycles. The highest BCUT2D eigenvalue weighted by molar-refractivity contribution is 6.34. The van der Waals surface area contributed by atoms with Gasteiger partial charge in [0.25, 0.3) is 11.5 Å². The average molecular weight is 440 g/mol. The number of halogens is 1. The van der Waals surface area contributed by atoms with Crippen molar-refractivity contribution >= 4 is 23.7 Å². The summed E-state index contributed by atoms with van der Waals surface area (Å²) in [7, 11) is 2.98. The monoisotopic (exact) mass is 439 g/mol. The Morgan fingerprint density at radius 1 is 1.16 bits per heavy atom. The van der Waals surface area contributed by atoms with Crippen LogP contribution in [-0.4, -0.2) is 30.9 Å². The number of carbonyl (C=O) groups is 1. The Kier molecular flexibility index (Phi) is 7.10. The third-order valence-corrected chi connectivity index (χ3v) is 4.97. The number of nitrogens with one attached hydrogen (secondary N) is 1. The van der Waals surface area contributed by atoms with Crippen LogP contribution in [0.25, 0.3) is 0 Å². The minimum atomic E-state index is -0.614. The molecule has 0 fully saturated rings. The smallest absolute Gasteiger partial charge is 0.276 e. The topological polar surface area (TPSA) is 81.9 Å². The molecule has 1 heterocycles. The molecule has 1 aromatic heterocycles. The van der Waals surface area contributed by atoms with Crippen LogP contribution in [0.5, 0.6) is 11.5 Å². The van der Waals surface area contributed by atoms with Crippen LogP contribution in [0.2, 0.25) is 5.02 Å². The summed E-state index contributed by atoms with van der Waals surface area (Å²) < 4.78 is 11.9. The van der Waals surface area contributed by atoms with E-state index in [1.54, 1.807) is 24.4 Å². The van der Waals surface area contributed by atoms with Crippen molar-refractivity contribution in [2.24, 2.45) is 5.10 Å². The molecular weight excluding hydrogens is 418 g/mol. The molecule has 8 heteroatoms. The van der Waals surface area contributed by atoms with Crippen molar-refractivity contribution in [3.8, 4) is 11.5 Å². The van der Waals surface area contributed by atoms with Crippen LogP contribution in [0.3, 0.4) is 0 Å². The maximum Gasteiger partial charge on any atom is 0.276 e. The maximum absolute atomic E-state index is 12.7. The van der Waals surface area contributed by atoms with Crippen molar-refractivity contribution in [1.82, 2.24) is 9.99 Å². The van der Waals surface area contributed by atoms with E-state index in [4.69, 9.17) is 21.1 Å². The molecular formula is C23H22ClN3O4. The lowest BCUT2D eigenvalue weighted by Crippen LogP contribution is -2.30. The van der Waals surface area contributed by atoms with Gasteiger partial charge in [0, 0.05) is 11.8 Å². The second-order valence-electron chi connectivity index (χ2n) is 6.75. The number of hydrogen-bond donors (Lipinski definition) is 1. The lowest BCUT2D eigenvalue weighted by molar-refractivity contribution is 0.0953. The Morgan fingerprint density at radius 3 is 2.68 bits per heavy atom. The van der Waals surface area contributed by atoms with E-state index in [9.17, 15) is 9.59 Å². The Bertz CT molecular complexity index is 1190. The SMILES string of the molecule is COc1ccc(/C=N\NC(=O)c2cccn(Cc3cccc(C)c3)c2=O)c(Cl)c1OC. The second-order valence-corrected chi connectivity index (χ2v) is 7.13. The number of nitrogens with zero attached hydrogens (tertiary/aromatic N) is 2. The van der Waals surface area contributed by atoms with E-state index in [2.05, 4.69) is 10.5 Å². The number of aromatic nitrogens is 1. The molecule has 0 unspecified atom stereocenters. The maximum atomic E-state index is 12.7. The van der Waals surface area contributed by atoms with Gasteiger partial charge in [-0.25, -0.2) is 5.43 Å². The zero-order valence-corrected chi connectivity index (χ0v) is 18.1. The Balaban J connectivity index is 1.76. The zero-order valence-electron chi connectivity index (χ0n) is 17.4. The number of aryl methyl sites for hydroxylation is 1. The van der Waals surface area contributed by atoms with Crippen LogP contribution in [-0.2, 0) is 6.54 Å². The fraction of sp³-hybridized carbons (Fsp3) is 0.174. The van der Waals surface area contributed by atoms with Gasteiger partial charge in [0.05, 0.1) is 32.0 Å². The summed E-state index contributed by atoms with van der Waals surface area (Å²) in [6.07, 6.45) is 3.02. The summed E-state index contributed by atoms with van der Waals surface area (Å²) in [6, 6.07) is 14.3. The lowest BCUT2D eigenvalue weighted by atomic mass is 10.1. The number of hydrogen-bond acceptors (Lipinski definition) is 5. The normalized spacial score (nSPS) is 10.8. The minimum absolute atomic E-state index is 0.00860. The van der Waals surface area contributed by atoms with Crippen LogP contribution < -0.4 is 20.5 Å². The summed E-state index contributed by atoms with van der Waals surface area (Å²) in [6.45, 7) is 2.35. The largest absolute Gasteiger partial charge is 0.493 e. The molecule has 3 rings (SSSR count). The number of benzene rings is 2. The van der Waals surface area contributed by atoms with Crippen LogP contribution in [0.4, 0.5) is 0 Å². The van der Waals surface area contributed by atoms with Crippen molar-refractivity contribution in [2.45, 2.75) is 13.5 Å². The van der Waals surface area contributed by atoms with Crippen LogP contribution in [0.15, 0.2) is 64.6 Å². The summed E-state index contributed by atoms with van der Waals surface area (Å²) >= 11 is 6.30. The fourth-order valence-electron chi connectivity index (χ4n) is 3.07. The number of amides is 1. The third-order valence-electron chi connectivity index (χ3n) is 4.58. The molecule has 2 aromatic carbocycles. The van der Waals surface area contributed by atoms with Crippen molar-refractivity contribution in [1.29, 1.82) is 0 Å². The zero-order chi connectivity index (χ0) is 22.4. The molecule has 0 aliphatic rings. The highest BCUT2D eigenvalue weighted by Crippen LogP contribution is 2.36. The highest BCUT2D eigenvalue weighted by atomic mass is 35.5. The summed E-state index contributed by atoms with van der Waals surface area (Å²) in [5, 5.41) is 4.21. The van der Waals surface area contributed by atoms with E-state index in [0.717, 1.165) is 11.1 Å². The minimum Gasteiger partial charge on any atom is -0.493 e. The number of hydrazone groups is 1. The molecule has 1 N–H and O–H groups in total. The summed E-state index contributed by atoms with van der Waals surface area (Å²) in [5.41, 5.74) is 4.55. The third kappa shape index (κ3) is 5.13. The summed E-state index contributed by atoms with van der Waals surface area (Å²) in [5.74, 6) is 0.227. The average Bonchev–Trinajstić information content (AvgIpc) is 2.76. The van der Waals surface area contributed by atoms with Gasteiger partial charge in [-0.1, -0.05) is 41.4 Å². The number of rotatable bonds is 7. The molecule has 0 radical (unpaired) electrons. The molecule has 0 atom stereocenters. The number of carbonyl (C=O) groups excluding carboxylic acids is 1. The molecule has 0 saturated carbocycles. The van der Waals surface area contributed by atoms with Crippen LogP contribution in [0.1, 0.15) is 27.0 Å². The fourth-order valence-corrected chi connectivity index (χ4v) is 3.35. The van der Waals surface area contributed by atoms with Gasteiger partial charge in [-0.05, 0) is 36.8 Å². The molecule has 0 saturated heterocycles. The molecule has 3 aromatic rings. The standard InChI is InChI=1S/C23H22ClN3O4/c1-15-6-4-7-16(12-15)14-27-11-5-8-18(23(27)29)22(28)26-25-13-17-9-10-19(30-2)21(31-3)20(17)24/h4-13H,14H2,1-3H3,(H,26,28)/b25-13-. The Morgan fingerprint density at radius 2 is 1.97 bits per heavy atom. The van der Waals surface area contributed by atoms with E-state index in [0.29, 0.717) is 28.6 Å².